The van der Waals surface area contributed by atoms with Crippen molar-refractivity contribution in [3.63, 3.8) is 0 Å². The number of nitrogens with zero attached hydrogens (tertiary/aromatic N) is 3. The first-order valence-corrected chi connectivity index (χ1v) is 8.73. The maximum Gasteiger partial charge on any atom is 0.222 e. The Bertz CT molecular complexity index is 483. The highest BCUT2D eigenvalue weighted by Crippen LogP contribution is 2.13. The summed E-state index contributed by atoms with van der Waals surface area (Å²) in [7, 11) is 0. The lowest BCUT2D eigenvalue weighted by atomic mass is 10.1. The van der Waals surface area contributed by atoms with E-state index in [4.69, 9.17) is 10.2 Å². The number of amides is 1. The first kappa shape index (κ1) is 24.2. The number of halogens is 2. The van der Waals surface area contributed by atoms with Gasteiger partial charge in [-0.2, -0.15) is 0 Å². The fourth-order valence-corrected chi connectivity index (χ4v) is 2.89. The van der Waals surface area contributed by atoms with Crippen molar-refractivity contribution in [3.8, 4) is 0 Å². The summed E-state index contributed by atoms with van der Waals surface area (Å²) >= 11 is 0. The average molecular weight is 395 g/mol. The molecule has 6 nitrogen and oxygen atoms in total. The van der Waals surface area contributed by atoms with Crippen LogP contribution in [0.3, 0.4) is 0 Å². The zero-order valence-corrected chi connectivity index (χ0v) is 17.0. The van der Waals surface area contributed by atoms with Crippen LogP contribution in [0.4, 0.5) is 0 Å². The normalized spacial score (nSPS) is 14.8. The molecule has 0 saturated carbocycles. The third-order valence-corrected chi connectivity index (χ3v) is 4.50. The van der Waals surface area contributed by atoms with Gasteiger partial charge in [0.1, 0.15) is 5.76 Å². The Morgan fingerprint density at radius 1 is 1.08 bits per heavy atom. The third-order valence-electron chi connectivity index (χ3n) is 4.50. The van der Waals surface area contributed by atoms with Gasteiger partial charge in [-0.15, -0.1) is 24.8 Å². The minimum atomic E-state index is 0. The van der Waals surface area contributed by atoms with Gasteiger partial charge in [0.15, 0.2) is 0 Å². The van der Waals surface area contributed by atoms with Crippen LogP contribution in [0.5, 0.6) is 0 Å². The molecule has 1 aromatic rings. The third kappa shape index (κ3) is 7.94. The van der Waals surface area contributed by atoms with Gasteiger partial charge < -0.3 is 15.1 Å². The van der Waals surface area contributed by atoms with E-state index in [2.05, 4.69) is 9.88 Å². The van der Waals surface area contributed by atoms with Crippen LogP contribution in [-0.2, 0) is 11.3 Å². The lowest BCUT2D eigenvalue weighted by molar-refractivity contribution is -0.133. The minimum absolute atomic E-state index is 0. The number of aryl methyl sites for hydroxylation is 2. The molecule has 1 aliphatic heterocycles. The molecular weight excluding hydrogens is 363 g/mol. The van der Waals surface area contributed by atoms with Gasteiger partial charge in [0, 0.05) is 32.6 Å². The summed E-state index contributed by atoms with van der Waals surface area (Å²) in [5.41, 5.74) is 6.44. The van der Waals surface area contributed by atoms with Gasteiger partial charge in [-0.3, -0.25) is 9.69 Å². The first-order chi connectivity index (χ1) is 11.1. The summed E-state index contributed by atoms with van der Waals surface area (Å²) in [5.74, 6) is 1.96. The Labute approximate surface area is 163 Å². The summed E-state index contributed by atoms with van der Waals surface area (Å²) in [6.45, 7) is 8.77. The van der Waals surface area contributed by atoms with Crippen molar-refractivity contribution in [2.24, 2.45) is 5.73 Å². The molecule has 2 rings (SSSR count). The Morgan fingerprint density at radius 3 is 2.28 bits per heavy atom. The van der Waals surface area contributed by atoms with Crippen molar-refractivity contribution in [3.05, 3.63) is 17.3 Å². The quantitative estimate of drug-likeness (QED) is 0.685. The molecule has 1 amide bonds. The van der Waals surface area contributed by atoms with E-state index in [1.165, 1.54) is 0 Å². The second-order valence-electron chi connectivity index (χ2n) is 6.36. The van der Waals surface area contributed by atoms with E-state index < -0.39 is 0 Å². The summed E-state index contributed by atoms with van der Waals surface area (Å²) < 4.78 is 5.63. The molecular formula is C17H32Cl2N4O2. The molecule has 25 heavy (non-hydrogen) atoms. The molecule has 1 aromatic heterocycles. The summed E-state index contributed by atoms with van der Waals surface area (Å²) in [5, 5.41) is 0. The van der Waals surface area contributed by atoms with Crippen molar-refractivity contribution < 1.29 is 9.21 Å². The molecule has 0 aliphatic carbocycles. The van der Waals surface area contributed by atoms with Crippen LogP contribution in [-0.4, -0.2) is 53.4 Å². The zero-order chi connectivity index (χ0) is 16.7. The number of rotatable bonds is 8. The van der Waals surface area contributed by atoms with Gasteiger partial charge in [0.2, 0.25) is 11.8 Å². The van der Waals surface area contributed by atoms with Crippen molar-refractivity contribution in [1.82, 2.24) is 14.8 Å². The average Bonchev–Trinajstić information content (AvgIpc) is 2.85. The maximum atomic E-state index is 12.2. The summed E-state index contributed by atoms with van der Waals surface area (Å²) in [4.78, 5) is 20.9. The van der Waals surface area contributed by atoms with Gasteiger partial charge >= 0.3 is 0 Å². The number of unbranched alkanes of at least 4 members (excludes halogenated alkanes) is 3. The van der Waals surface area contributed by atoms with Gasteiger partial charge in [-0.1, -0.05) is 12.8 Å². The topological polar surface area (TPSA) is 75.6 Å². The fraction of sp³-hybridized carbons (Fsp3) is 0.765. The van der Waals surface area contributed by atoms with Crippen molar-refractivity contribution in [2.45, 2.75) is 52.5 Å². The van der Waals surface area contributed by atoms with E-state index in [9.17, 15) is 4.79 Å². The Kier molecular flexibility index (Phi) is 12.1. The second-order valence-corrected chi connectivity index (χ2v) is 6.36. The molecule has 146 valence electrons. The standard InChI is InChI=1S/C17H30N4O2.2ClH/c1-14-15(2)23-16(19-14)13-20-9-11-21(12-10-20)17(22)7-5-3-4-6-8-18;;/h3-13,18H2,1-2H3;2*1H. The predicted octanol–water partition coefficient (Wildman–Crippen LogP) is 2.69. The molecule has 1 saturated heterocycles. The lowest BCUT2D eigenvalue weighted by Crippen LogP contribution is -2.48. The molecule has 0 bridgehead atoms. The summed E-state index contributed by atoms with van der Waals surface area (Å²) in [6, 6.07) is 0. The van der Waals surface area contributed by atoms with Crippen LogP contribution in [0, 0.1) is 13.8 Å². The molecule has 2 heterocycles. The Balaban J connectivity index is 0.00000288. The number of aromatic nitrogens is 1. The van der Waals surface area contributed by atoms with E-state index in [1.54, 1.807) is 0 Å². The minimum Gasteiger partial charge on any atom is -0.444 e. The van der Waals surface area contributed by atoms with Crippen molar-refractivity contribution in [2.75, 3.05) is 32.7 Å². The molecule has 8 heteroatoms. The number of piperazine rings is 1. The van der Waals surface area contributed by atoms with E-state index >= 15 is 0 Å². The fourth-order valence-electron chi connectivity index (χ4n) is 2.89. The molecule has 0 aromatic carbocycles. The van der Waals surface area contributed by atoms with Crippen LogP contribution in [0.2, 0.25) is 0 Å². The zero-order valence-electron chi connectivity index (χ0n) is 15.3. The monoisotopic (exact) mass is 394 g/mol. The van der Waals surface area contributed by atoms with Crippen LogP contribution in [0.1, 0.15) is 49.4 Å². The highest BCUT2D eigenvalue weighted by atomic mass is 35.5. The number of carbonyl (C=O) groups excluding carboxylic acids is 1. The Morgan fingerprint density at radius 2 is 1.72 bits per heavy atom. The van der Waals surface area contributed by atoms with Crippen molar-refractivity contribution in [1.29, 1.82) is 0 Å². The lowest BCUT2D eigenvalue weighted by Gasteiger charge is -2.34. The molecule has 2 N–H and O–H groups in total. The van der Waals surface area contributed by atoms with Crippen molar-refractivity contribution >= 4 is 30.7 Å². The molecule has 0 spiro atoms. The van der Waals surface area contributed by atoms with Crippen LogP contribution in [0.15, 0.2) is 4.42 Å². The predicted molar refractivity (Wildman–Crippen MR) is 104 cm³/mol. The largest absolute Gasteiger partial charge is 0.444 e. The van der Waals surface area contributed by atoms with Gasteiger partial charge in [-0.25, -0.2) is 4.98 Å². The summed E-state index contributed by atoms with van der Waals surface area (Å²) in [6.07, 6.45) is 4.95. The van der Waals surface area contributed by atoms with Gasteiger partial charge in [0.25, 0.3) is 0 Å². The molecule has 1 aliphatic rings. The highest BCUT2D eigenvalue weighted by molar-refractivity contribution is 5.85. The number of oxazole rings is 1. The van der Waals surface area contributed by atoms with E-state index in [1.807, 2.05) is 18.7 Å². The van der Waals surface area contributed by atoms with E-state index in [-0.39, 0.29) is 24.8 Å². The van der Waals surface area contributed by atoms with E-state index in [0.29, 0.717) is 12.3 Å². The highest BCUT2D eigenvalue weighted by Gasteiger charge is 2.22. The van der Waals surface area contributed by atoms with Crippen LogP contribution >= 0.6 is 24.8 Å². The molecule has 0 unspecified atom stereocenters. The SMILES string of the molecule is Cc1nc(CN2CCN(C(=O)CCCCCCN)CC2)oc1C.Cl.Cl. The molecule has 1 fully saturated rings. The molecule has 0 radical (unpaired) electrons. The number of hydrogen-bond acceptors (Lipinski definition) is 5. The van der Waals surface area contributed by atoms with Gasteiger partial charge in [-0.05, 0) is 33.2 Å². The number of hydrogen-bond donors (Lipinski definition) is 1. The number of nitrogens with two attached hydrogens (primary N) is 1. The van der Waals surface area contributed by atoms with Crippen LogP contribution in [0.25, 0.3) is 0 Å². The van der Waals surface area contributed by atoms with Gasteiger partial charge in [0.05, 0.1) is 12.2 Å². The number of carbonyl (C=O) groups is 1. The first-order valence-electron chi connectivity index (χ1n) is 8.73. The molecule has 0 atom stereocenters. The van der Waals surface area contributed by atoms with E-state index in [0.717, 1.165) is 82.3 Å². The maximum absolute atomic E-state index is 12.2. The smallest absolute Gasteiger partial charge is 0.222 e. The second kappa shape index (κ2) is 12.5. The van der Waals surface area contributed by atoms with Crippen LogP contribution < -0.4 is 5.73 Å². The Hall–Kier alpha value is -0.820.